The molecule has 0 bridgehead atoms. The molecule has 19 heavy (non-hydrogen) atoms. The highest BCUT2D eigenvalue weighted by Crippen LogP contribution is 2.20. The van der Waals surface area contributed by atoms with Crippen LogP contribution in [0.15, 0.2) is 36.5 Å². The predicted molar refractivity (Wildman–Crippen MR) is 71.3 cm³/mol. The lowest BCUT2D eigenvalue weighted by Gasteiger charge is -2.06. The van der Waals surface area contributed by atoms with Crippen molar-refractivity contribution in [3.8, 4) is 11.4 Å². The summed E-state index contributed by atoms with van der Waals surface area (Å²) in [5.41, 5.74) is 8.18. The molecule has 0 radical (unpaired) electrons. The van der Waals surface area contributed by atoms with Crippen molar-refractivity contribution in [1.82, 2.24) is 19.6 Å². The van der Waals surface area contributed by atoms with Gasteiger partial charge < -0.3 is 10.5 Å². The molecule has 3 rings (SSSR count). The van der Waals surface area contributed by atoms with Crippen molar-refractivity contribution in [2.24, 2.45) is 0 Å². The third-order valence-electron chi connectivity index (χ3n) is 2.79. The number of ether oxygens (including phenoxy) is 1. The Balaban J connectivity index is 2.25. The number of methoxy groups -OCH3 is 1. The van der Waals surface area contributed by atoms with E-state index >= 15 is 0 Å². The molecule has 0 aliphatic heterocycles. The van der Waals surface area contributed by atoms with Crippen molar-refractivity contribution in [2.45, 2.75) is 6.61 Å². The number of nitrogen functional groups attached to an aromatic ring is 1. The molecule has 0 saturated heterocycles. The Bertz CT molecular complexity index is 708. The molecular weight excluding hydrogens is 242 g/mol. The van der Waals surface area contributed by atoms with Crippen LogP contribution >= 0.6 is 0 Å². The Morgan fingerprint density at radius 2 is 2.05 bits per heavy atom. The molecule has 0 fully saturated rings. The maximum atomic E-state index is 5.69. The lowest BCUT2D eigenvalue weighted by atomic mass is 10.2. The van der Waals surface area contributed by atoms with Crippen LogP contribution in [-0.4, -0.2) is 26.7 Å². The normalized spacial score (nSPS) is 11.0. The van der Waals surface area contributed by atoms with Crippen LogP contribution in [-0.2, 0) is 11.3 Å². The van der Waals surface area contributed by atoms with Gasteiger partial charge in [0.25, 0.3) is 0 Å². The first-order valence-corrected chi connectivity index (χ1v) is 5.84. The van der Waals surface area contributed by atoms with E-state index in [1.807, 2.05) is 30.3 Å². The minimum atomic E-state index is 0.225. The molecule has 0 spiro atoms. The highest BCUT2D eigenvalue weighted by atomic mass is 16.5. The van der Waals surface area contributed by atoms with E-state index in [1.165, 1.54) is 0 Å². The van der Waals surface area contributed by atoms with Crippen molar-refractivity contribution in [3.05, 3.63) is 42.1 Å². The quantitative estimate of drug-likeness (QED) is 0.767. The van der Waals surface area contributed by atoms with E-state index in [4.69, 9.17) is 10.5 Å². The first-order chi connectivity index (χ1) is 9.29. The SMILES string of the molecule is COCc1cnc(-c2ccccc2)n2nc(N)nc12. The first-order valence-electron chi connectivity index (χ1n) is 5.84. The fraction of sp³-hybridized carbons (Fsp3) is 0.154. The Labute approximate surface area is 109 Å². The molecule has 2 aromatic heterocycles. The largest absolute Gasteiger partial charge is 0.380 e. The van der Waals surface area contributed by atoms with Gasteiger partial charge in [0.05, 0.1) is 6.61 Å². The Morgan fingerprint density at radius 3 is 2.79 bits per heavy atom. The molecule has 2 N–H and O–H groups in total. The summed E-state index contributed by atoms with van der Waals surface area (Å²) >= 11 is 0. The molecule has 0 atom stereocenters. The topological polar surface area (TPSA) is 78.3 Å². The van der Waals surface area contributed by atoms with Gasteiger partial charge in [0.2, 0.25) is 5.95 Å². The van der Waals surface area contributed by atoms with E-state index < -0.39 is 0 Å². The van der Waals surface area contributed by atoms with Gasteiger partial charge in [0.1, 0.15) is 0 Å². The van der Waals surface area contributed by atoms with Gasteiger partial charge >= 0.3 is 0 Å². The van der Waals surface area contributed by atoms with Gasteiger partial charge in [0.15, 0.2) is 11.5 Å². The summed E-state index contributed by atoms with van der Waals surface area (Å²) in [5.74, 6) is 0.933. The number of rotatable bonds is 3. The smallest absolute Gasteiger partial charge is 0.240 e. The summed E-state index contributed by atoms with van der Waals surface area (Å²) in [6.45, 7) is 0.420. The molecule has 6 nitrogen and oxygen atoms in total. The maximum absolute atomic E-state index is 5.69. The van der Waals surface area contributed by atoms with Crippen molar-refractivity contribution >= 4 is 11.6 Å². The van der Waals surface area contributed by atoms with Gasteiger partial charge in [-0.05, 0) is 0 Å². The number of aromatic nitrogens is 4. The summed E-state index contributed by atoms with van der Waals surface area (Å²) < 4.78 is 6.78. The van der Waals surface area contributed by atoms with Gasteiger partial charge in [-0.25, -0.2) is 4.98 Å². The maximum Gasteiger partial charge on any atom is 0.240 e. The standard InChI is InChI=1S/C13H13N5O/c1-19-8-10-7-15-11(9-5-3-2-4-6-9)18-12(10)16-13(14)17-18/h2-7H,8H2,1H3,(H2,14,17). The van der Waals surface area contributed by atoms with E-state index in [0.29, 0.717) is 18.1 Å². The zero-order chi connectivity index (χ0) is 13.2. The van der Waals surface area contributed by atoms with E-state index in [0.717, 1.165) is 11.1 Å². The number of nitrogens with two attached hydrogens (primary N) is 1. The average Bonchev–Trinajstić information content (AvgIpc) is 2.82. The van der Waals surface area contributed by atoms with Crippen LogP contribution in [0.3, 0.4) is 0 Å². The Hall–Kier alpha value is -2.47. The van der Waals surface area contributed by atoms with Gasteiger partial charge in [-0.1, -0.05) is 30.3 Å². The van der Waals surface area contributed by atoms with E-state index in [9.17, 15) is 0 Å². The number of hydrogen-bond donors (Lipinski definition) is 1. The fourth-order valence-corrected chi connectivity index (χ4v) is 1.98. The van der Waals surface area contributed by atoms with Crippen LogP contribution in [0.4, 0.5) is 5.95 Å². The zero-order valence-electron chi connectivity index (χ0n) is 10.4. The molecule has 3 aromatic rings. The third kappa shape index (κ3) is 2.02. The second-order valence-electron chi connectivity index (χ2n) is 4.11. The van der Waals surface area contributed by atoms with Gasteiger partial charge in [0, 0.05) is 24.4 Å². The van der Waals surface area contributed by atoms with Crippen molar-refractivity contribution in [3.63, 3.8) is 0 Å². The molecule has 0 amide bonds. The molecular formula is C13H13N5O. The van der Waals surface area contributed by atoms with Crippen LogP contribution in [0, 0.1) is 0 Å². The zero-order valence-corrected chi connectivity index (χ0v) is 10.4. The summed E-state index contributed by atoms with van der Waals surface area (Å²) in [7, 11) is 1.63. The van der Waals surface area contributed by atoms with Crippen molar-refractivity contribution < 1.29 is 4.74 Å². The summed E-state index contributed by atoms with van der Waals surface area (Å²) in [6.07, 6.45) is 1.75. The molecule has 6 heteroatoms. The minimum Gasteiger partial charge on any atom is -0.380 e. The van der Waals surface area contributed by atoms with Crippen LogP contribution in [0.5, 0.6) is 0 Å². The monoisotopic (exact) mass is 255 g/mol. The Morgan fingerprint density at radius 1 is 1.26 bits per heavy atom. The number of hydrogen-bond acceptors (Lipinski definition) is 5. The van der Waals surface area contributed by atoms with Gasteiger partial charge in [-0.2, -0.15) is 9.50 Å². The van der Waals surface area contributed by atoms with E-state index in [-0.39, 0.29) is 5.95 Å². The summed E-state index contributed by atoms with van der Waals surface area (Å²) in [5, 5.41) is 4.20. The highest BCUT2D eigenvalue weighted by Gasteiger charge is 2.12. The molecule has 0 saturated carbocycles. The van der Waals surface area contributed by atoms with Gasteiger partial charge in [-0.15, -0.1) is 5.10 Å². The summed E-state index contributed by atoms with van der Waals surface area (Å²) in [4.78, 5) is 8.66. The molecule has 0 aliphatic rings. The first kappa shape index (κ1) is 11.6. The van der Waals surface area contributed by atoms with Crippen molar-refractivity contribution in [1.29, 1.82) is 0 Å². The fourth-order valence-electron chi connectivity index (χ4n) is 1.98. The molecule has 96 valence electrons. The Kier molecular flexibility index (Phi) is 2.85. The number of benzene rings is 1. The third-order valence-corrected chi connectivity index (χ3v) is 2.79. The molecule has 0 aliphatic carbocycles. The van der Waals surface area contributed by atoms with Gasteiger partial charge in [-0.3, -0.25) is 0 Å². The predicted octanol–water partition coefficient (Wildman–Crippen LogP) is 1.52. The average molecular weight is 255 g/mol. The molecule has 2 heterocycles. The lowest BCUT2D eigenvalue weighted by Crippen LogP contribution is -2.02. The van der Waals surface area contributed by atoms with Crippen LogP contribution in [0.2, 0.25) is 0 Å². The lowest BCUT2D eigenvalue weighted by molar-refractivity contribution is 0.185. The second kappa shape index (κ2) is 4.66. The van der Waals surface area contributed by atoms with Crippen molar-refractivity contribution in [2.75, 3.05) is 12.8 Å². The molecule has 0 unspecified atom stereocenters. The van der Waals surface area contributed by atoms with Crippen LogP contribution in [0.25, 0.3) is 17.0 Å². The number of fused-ring (bicyclic) bond motifs is 1. The van der Waals surface area contributed by atoms with E-state index in [1.54, 1.807) is 17.8 Å². The number of anilines is 1. The van der Waals surface area contributed by atoms with E-state index in [2.05, 4.69) is 15.1 Å². The minimum absolute atomic E-state index is 0.225. The van der Waals surface area contributed by atoms with Crippen LogP contribution < -0.4 is 5.73 Å². The molecule has 1 aromatic carbocycles. The van der Waals surface area contributed by atoms with Crippen LogP contribution in [0.1, 0.15) is 5.56 Å². The second-order valence-corrected chi connectivity index (χ2v) is 4.11. The number of nitrogens with zero attached hydrogens (tertiary/aromatic N) is 4. The highest BCUT2D eigenvalue weighted by molar-refractivity contribution is 5.61. The summed E-state index contributed by atoms with van der Waals surface area (Å²) in [6, 6.07) is 9.79.